The van der Waals surface area contributed by atoms with Gasteiger partial charge in [-0.1, -0.05) is 15.9 Å². The highest BCUT2D eigenvalue weighted by Gasteiger charge is 2.62. The number of nitrogens with zero attached hydrogens (tertiary/aromatic N) is 4. The summed E-state index contributed by atoms with van der Waals surface area (Å²) in [5.41, 5.74) is -0.891. The average molecular weight is 524 g/mol. The lowest BCUT2D eigenvalue weighted by atomic mass is 9.53. The molecule has 0 unspecified atom stereocenters. The van der Waals surface area contributed by atoms with Crippen molar-refractivity contribution in [1.29, 1.82) is 0 Å². The molecule has 1 spiro atoms. The summed E-state index contributed by atoms with van der Waals surface area (Å²) in [6.45, 7) is -0.456. The molecule has 0 radical (unpaired) electrons. The number of nitrogens with one attached hydrogen (secondary N) is 1. The summed E-state index contributed by atoms with van der Waals surface area (Å²) in [7, 11) is 0. The first-order valence-corrected chi connectivity index (χ1v) is 10.9. The summed E-state index contributed by atoms with van der Waals surface area (Å²) >= 11 is 3.36. The quantitative estimate of drug-likeness (QED) is 0.547. The number of aromatic nitrogens is 4. The molecule has 0 saturated heterocycles. The van der Waals surface area contributed by atoms with Crippen molar-refractivity contribution in [1.82, 2.24) is 19.7 Å². The fourth-order valence-corrected chi connectivity index (χ4v) is 4.94. The number of carbonyl (C=O) groups is 1. The lowest BCUT2D eigenvalue weighted by Gasteiger charge is -2.56. The van der Waals surface area contributed by atoms with E-state index in [2.05, 4.69) is 36.3 Å². The highest BCUT2D eigenvalue weighted by Crippen LogP contribution is 2.63. The van der Waals surface area contributed by atoms with Gasteiger partial charge in [-0.25, -0.2) is 27.8 Å². The maximum Gasteiger partial charge on any atom is 0.275 e. The van der Waals surface area contributed by atoms with E-state index in [1.54, 1.807) is 18.2 Å². The van der Waals surface area contributed by atoms with Crippen molar-refractivity contribution >= 4 is 38.6 Å². The van der Waals surface area contributed by atoms with Gasteiger partial charge >= 0.3 is 0 Å². The number of carbonyl (C=O) groups excluding carboxylic acids is 1. The first kappa shape index (κ1) is 21.8. The minimum absolute atomic E-state index is 0.118. The normalized spacial score (nSPS) is 18.5. The Morgan fingerprint density at radius 2 is 1.91 bits per heavy atom. The third-order valence-electron chi connectivity index (χ3n) is 5.92. The van der Waals surface area contributed by atoms with Crippen LogP contribution in [0.4, 0.5) is 19.1 Å². The topological polar surface area (TPSA) is 99.0 Å². The fraction of sp³-hybridized carbons (Fsp3) is 0.381. The predicted octanol–water partition coefficient (Wildman–Crippen LogP) is 3.68. The van der Waals surface area contributed by atoms with E-state index in [0.717, 1.165) is 17.1 Å². The smallest absolute Gasteiger partial charge is 0.275 e. The van der Waals surface area contributed by atoms with Gasteiger partial charge in [-0.3, -0.25) is 14.9 Å². The maximum absolute atomic E-state index is 13.3. The highest BCUT2D eigenvalue weighted by atomic mass is 79.9. The van der Waals surface area contributed by atoms with Crippen molar-refractivity contribution in [2.45, 2.75) is 44.3 Å². The molecule has 3 aromatic rings. The summed E-state index contributed by atoms with van der Waals surface area (Å²) < 4.78 is 47.2. The Hall–Kier alpha value is -3.02. The van der Waals surface area contributed by atoms with Gasteiger partial charge in [0.15, 0.2) is 5.82 Å². The number of anilines is 1. The van der Waals surface area contributed by atoms with E-state index in [1.165, 1.54) is 0 Å². The molecular formula is C21H17BrF3N5O3. The summed E-state index contributed by atoms with van der Waals surface area (Å²) in [5, 5.41) is 7.34. The number of hydrogen-bond donors (Lipinski definition) is 1. The number of fused-ring (bicyclic) bond motifs is 1. The Bertz CT molecular complexity index is 1300. The zero-order valence-electron chi connectivity index (χ0n) is 17.0. The largest absolute Gasteiger partial charge is 0.473 e. The molecule has 1 aromatic carbocycles. The van der Waals surface area contributed by atoms with E-state index < -0.39 is 29.8 Å². The van der Waals surface area contributed by atoms with Gasteiger partial charge in [0.2, 0.25) is 23.7 Å². The molecule has 5 rings (SSSR count). The van der Waals surface area contributed by atoms with E-state index in [0.29, 0.717) is 28.1 Å². The van der Waals surface area contributed by atoms with E-state index in [4.69, 9.17) is 4.74 Å². The van der Waals surface area contributed by atoms with Crippen molar-refractivity contribution in [3.63, 3.8) is 0 Å². The van der Waals surface area contributed by atoms with Crippen molar-refractivity contribution in [3.05, 3.63) is 51.2 Å². The van der Waals surface area contributed by atoms with Crippen molar-refractivity contribution in [3.8, 4) is 5.88 Å². The van der Waals surface area contributed by atoms with Gasteiger partial charge in [-0.2, -0.15) is 0 Å². The molecule has 33 heavy (non-hydrogen) atoms. The summed E-state index contributed by atoms with van der Waals surface area (Å²) in [4.78, 5) is 32.6. The Balaban J connectivity index is 1.38. The van der Waals surface area contributed by atoms with Crippen LogP contribution in [0.15, 0.2) is 39.9 Å². The number of halogens is 4. The lowest BCUT2D eigenvalue weighted by molar-refractivity contribution is -0.215. The van der Waals surface area contributed by atoms with Crippen LogP contribution in [-0.2, 0) is 11.3 Å². The Morgan fingerprint density at radius 3 is 2.58 bits per heavy atom. The molecule has 0 atom stereocenters. The second-order valence-corrected chi connectivity index (χ2v) is 9.50. The fourth-order valence-electron chi connectivity index (χ4n) is 4.58. The minimum Gasteiger partial charge on any atom is -0.473 e. The molecule has 2 saturated carbocycles. The minimum atomic E-state index is -2.60. The van der Waals surface area contributed by atoms with Crippen LogP contribution in [0.25, 0.3) is 10.8 Å². The summed E-state index contributed by atoms with van der Waals surface area (Å²) in [6.07, 6.45) is 2.20. The van der Waals surface area contributed by atoms with Crippen LogP contribution in [0, 0.1) is 11.2 Å². The van der Waals surface area contributed by atoms with Crippen LogP contribution in [0.5, 0.6) is 5.88 Å². The first-order chi connectivity index (χ1) is 15.6. The monoisotopic (exact) mass is 523 g/mol. The molecule has 2 aliphatic rings. The molecule has 2 aromatic heterocycles. The van der Waals surface area contributed by atoms with Crippen LogP contribution in [0.3, 0.4) is 0 Å². The number of ether oxygens (including phenoxy) is 1. The molecular weight excluding hydrogens is 507 g/mol. The van der Waals surface area contributed by atoms with Crippen LogP contribution < -0.4 is 15.6 Å². The molecule has 1 amide bonds. The number of alkyl halides is 2. The number of benzene rings is 1. The van der Waals surface area contributed by atoms with Crippen molar-refractivity contribution < 1.29 is 22.7 Å². The zero-order valence-corrected chi connectivity index (χ0v) is 18.6. The van der Waals surface area contributed by atoms with Gasteiger partial charge in [0.25, 0.3) is 5.56 Å². The first-order valence-electron chi connectivity index (χ1n) is 10.1. The van der Waals surface area contributed by atoms with Gasteiger partial charge < -0.3 is 4.74 Å². The SMILES string of the molecule is O=C(Cn1nc(OC2CC3(C2)CC(F)(F)C3)c2cc(Br)ccc2c1=O)Nc1ncc(F)cn1. The van der Waals surface area contributed by atoms with E-state index >= 15 is 0 Å². The van der Waals surface area contributed by atoms with Crippen LogP contribution in [0.1, 0.15) is 25.7 Å². The van der Waals surface area contributed by atoms with Gasteiger partial charge in [0, 0.05) is 17.3 Å². The lowest BCUT2D eigenvalue weighted by Crippen LogP contribution is -2.57. The van der Waals surface area contributed by atoms with Gasteiger partial charge in [-0.15, -0.1) is 5.10 Å². The highest BCUT2D eigenvalue weighted by molar-refractivity contribution is 9.10. The Kier molecular flexibility index (Phi) is 5.15. The molecule has 2 heterocycles. The van der Waals surface area contributed by atoms with E-state index in [9.17, 15) is 22.8 Å². The third-order valence-corrected chi connectivity index (χ3v) is 6.41. The van der Waals surface area contributed by atoms with Gasteiger partial charge in [-0.05, 0) is 36.5 Å². The molecule has 2 aliphatic carbocycles. The number of hydrogen-bond acceptors (Lipinski definition) is 6. The molecule has 8 nitrogen and oxygen atoms in total. The summed E-state index contributed by atoms with van der Waals surface area (Å²) in [6, 6.07) is 4.95. The maximum atomic E-state index is 13.3. The summed E-state index contributed by atoms with van der Waals surface area (Å²) in [5.74, 6) is -3.87. The third kappa shape index (κ3) is 4.31. The van der Waals surface area contributed by atoms with Gasteiger partial charge in [0.05, 0.1) is 23.2 Å². The predicted molar refractivity (Wildman–Crippen MR) is 115 cm³/mol. The average Bonchev–Trinajstić information content (AvgIpc) is 2.70. The van der Waals surface area contributed by atoms with E-state index in [1.807, 2.05) is 0 Å². The Labute approximate surface area is 193 Å². The van der Waals surface area contributed by atoms with Crippen LogP contribution in [0.2, 0.25) is 0 Å². The van der Waals surface area contributed by atoms with E-state index in [-0.39, 0.29) is 36.2 Å². The van der Waals surface area contributed by atoms with Crippen molar-refractivity contribution in [2.75, 3.05) is 5.32 Å². The van der Waals surface area contributed by atoms with Gasteiger partial charge in [0.1, 0.15) is 12.6 Å². The molecule has 172 valence electrons. The number of rotatable bonds is 5. The Morgan fingerprint density at radius 1 is 1.21 bits per heavy atom. The van der Waals surface area contributed by atoms with Crippen LogP contribution in [-0.4, -0.2) is 37.7 Å². The number of amides is 1. The molecule has 0 bridgehead atoms. The second-order valence-electron chi connectivity index (χ2n) is 8.59. The molecule has 2 fully saturated rings. The molecule has 1 N–H and O–H groups in total. The molecule has 0 aliphatic heterocycles. The van der Waals surface area contributed by atoms with Crippen molar-refractivity contribution in [2.24, 2.45) is 5.41 Å². The molecule has 12 heteroatoms. The second kappa shape index (κ2) is 7.79. The zero-order chi connectivity index (χ0) is 23.4. The van der Waals surface area contributed by atoms with Crippen LogP contribution >= 0.6 is 15.9 Å². The standard InChI is InChI=1S/C21H17BrF3N5O3/c22-11-1-2-14-15(3-11)17(33-13-4-20(5-13)9-21(24,25)10-20)29-30(18(14)32)8-16(31)28-19-26-6-12(23)7-27-19/h1-3,6-7,13H,4-5,8-10H2,(H,26,27,28,31).